The number of rotatable bonds is 6. The van der Waals surface area contributed by atoms with E-state index in [9.17, 15) is 4.79 Å². The van der Waals surface area contributed by atoms with Crippen LogP contribution in [0.25, 0.3) is 0 Å². The van der Waals surface area contributed by atoms with Gasteiger partial charge >= 0.3 is 6.09 Å². The van der Waals surface area contributed by atoms with Crippen LogP contribution >= 0.6 is 24.0 Å². The Kier molecular flexibility index (Phi) is 10.9. The number of hydrogen-bond acceptors (Lipinski definition) is 6. The summed E-state index contributed by atoms with van der Waals surface area (Å²) in [4.78, 5) is 17.9. The number of methoxy groups -OCH3 is 2. The van der Waals surface area contributed by atoms with Gasteiger partial charge in [-0.3, -0.25) is 4.90 Å². The number of halogens is 2. The summed E-state index contributed by atoms with van der Waals surface area (Å²) in [6, 6.07) is 11.6. The highest BCUT2D eigenvalue weighted by Gasteiger charge is 2.21. The van der Waals surface area contributed by atoms with Gasteiger partial charge in [0.2, 0.25) is 0 Å². The minimum absolute atomic E-state index is 0. The number of para-hydroxylation sites is 2. The second-order valence-electron chi connectivity index (χ2n) is 7.29. The maximum absolute atomic E-state index is 11.9. The Morgan fingerprint density at radius 1 is 1.00 bits per heavy atom. The number of hydrogen-bond donors (Lipinski definition) is 0. The van der Waals surface area contributed by atoms with Crippen LogP contribution < -0.4 is 19.1 Å². The largest absolute Gasteiger partial charge is 0.495 e. The van der Waals surface area contributed by atoms with Gasteiger partial charge in [0.05, 0.1) is 19.9 Å². The third-order valence-corrected chi connectivity index (χ3v) is 5.44. The molecule has 10 heteroatoms. The molecule has 0 aromatic heterocycles. The highest BCUT2D eigenvalue weighted by atomic mass is 35.5. The minimum Gasteiger partial charge on any atom is -0.495 e. The Bertz CT molecular complexity index is 890. The van der Waals surface area contributed by atoms with E-state index >= 15 is 0 Å². The average molecular weight is 488 g/mol. The molecule has 178 valence electrons. The van der Waals surface area contributed by atoms with Crippen molar-refractivity contribution >= 4 is 35.8 Å². The molecule has 1 fully saturated rings. The first-order chi connectivity index (χ1) is 14.4. The lowest BCUT2D eigenvalue weighted by atomic mass is 10.1. The lowest BCUT2D eigenvalue weighted by Crippen LogP contribution is -2.46. The van der Waals surface area contributed by atoms with Gasteiger partial charge in [-0.2, -0.15) is 0 Å². The number of piperazine rings is 1. The molecule has 1 heterocycles. The quantitative estimate of drug-likeness (QED) is 0.620. The van der Waals surface area contributed by atoms with Crippen LogP contribution in [0, 0.1) is 0 Å². The predicted octanol–water partition coefficient (Wildman–Crippen LogP) is 3.34. The van der Waals surface area contributed by atoms with Crippen molar-refractivity contribution in [1.82, 2.24) is 9.80 Å². The second kappa shape index (κ2) is 12.6. The molecular weight excluding hydrogens is 457 g/mol. The summed E-state index contributed by atoms with van der Waals surface area (Å²) in [5.41, 5.74) is 2.05. The van der Waals surface area contributed by atoms with Gasteiger partial charge in [-0.1, -0.05) is 23.7 Å². The van der Waals surface area contributed by atoms with E-state index in [1.165, 1.54) is 4.90 Å². The lowest BCUT2D eigenvalue weighted by Gasteiger charge is -2.36. The summed E-state index contributed by atoms with van der Waals surface area (Å²) >= 11 is 6.49. The van der Waals surface area contributed by atoms with Gasteiger partial charge in [0.15, 0.2) is 11.5 Å². The molecule has 2 aromatic carbocycles. The van der Waals surface area contributed by atoms with Gasteiger partial charge in [0.25, 0.3) is 0 Å². The lowest BCUT2D eigenvalue weighted by molar-refractivity contribution is 0.170. The molecule has 0 saturated carbocycles. The zero-order chi connectivity index (χ0) is 21.7. The summed E-state index contributed by atoms with van der Waals surface area (Å²) in [5.74, 6) is 1.68. The van der Waals surface area contributed by atoms with E-state index in [2.05, 4.69) is 15.9 Å². The fourth-order valence-electron chi connectivity index (χ4n) is 3.40. The van der Waals surface area contributed by atoms with E-state index in [1.807, 2.05) is 24.3 Å². The molecule has 8 nitrogen and oxygen atoms in total. The molecule has 32 heavy (non-hydrogen) atoms. The molecule has 3 rings (SSSR count). The smallest absolute Gasteiger partial charge is 0.414 e. The first kappa shape index (κ1) is 27.6. The van der Waals surface area contributed by atoms with E-state index < -0.39 is 6.09 Å². The van der Waals surface area contributed by atoms with Gasteiger partial charge in [0.1, 0.15) is 5.75 Å². The molecule has 0 radical (unpaired) electrons. The maximum atomic E-state index is 11.9. The number of anilines is 1. The van der Waals surface area contributed by atoms with Gasteiger partial charge in [0, 0.05) is 57.9 Å². The van der Waals surface area contributed by atoms with Gasteiger partial charge < -0.3 is 29.5 Å². The van der Waals surface area contributed by atoms with Crippen molar-refractivity contribution in [2.75, 3.05) is 59.4 Å². The SMILES string of the molecule is COc1cc(CN2CCN(c3ccccc3OC)CC2)c(Cl)cc1OC(=O)N(C)C.Cl.O. The topological polar surface area (TPSA) is 86.0 Å². The Morgan fingerprint density at radius 2 is 1.62 bits per heavy atom. The van der Waals surface area contributed by atoms with Crippen LogP contribution in [0.2, 0.25) is 5.02 Å². The van der Waals surface area contributed by atoms with Crippen molar-refractivity contribution in [2.45, 2.75) is 6.54 Å². The van der Waals surface area contributed by atoms with Crippen LogP contribution in [0.5, 0.6) is 17.2 Å². The average Bonchev–Trinajstić information content (AvgIpc) is 2.76. The fourth-order valence-corrected chi connectivity index (χ4v) is 3.62. The monoisotopic (exact) mass is 487 g/mol. The predicted molar refractivity (Wildman–Crippen MR) is 129 cm³/mol. The van der Waals surface area contributed by atoms with Crippen molar-refractivity contribution in [3.63, 3.8) is 0 Å². The Morgan fingerprint density at radius 3 is 2.22 bits per heavy atom. The van der Waals surface area contributed by atoms with E-state index in [1.54, 1.807) is 34.4 Å². The number of amides is 1. The molecule has 0 spiro atoms. The van der Waals surface area contributed by atoms with Crippen molar-refractivity contribution < 1.29 is 24.5 Å². The second-order valence-corrected chi connectivity index (χ2v) is 7.70. The third-order valence-electron chi connectivity index (χ3n) is 5.09. The first-order valence-corrected chi connectivity index (χ1v) is 10.2. The Hall–Kier alpha value is -2.39. The molecule has 0 bridgehead atoms. The number of benzene rings is 2. The fraction of sp³-hybridized carbons (Fsp3) is 0.409. The van der Waals surface area contributed by atoms with Crippen molar-refractivity contribution in [2.24, 2.45) is 0 Å². The first-order valence-electron chi connectivity index (χ1n) is 9.78. The summed E-state index contributed by atoms with van der Waals surface area (Å²) in [5, 5.41) is 0.546. The Labute approximate surface area is 200 Å². The molecule has 0 atom stereocenters. The van der Waals surface area contributed by atoms with Gasteiger partial charge in [-0.25, -0.2) is 4.79 Å². The zero-order valence-corrected chi connectivity index (χ0v) is 20.3. The zero-order valence-electron chi connectivity index (χ0n) is 18.8. The highest BCUT2D eigenvalue weighted by Crippen LogP contribution is 2.35. The van der Waals surface area contributed by atoms with Crippen LogP contribution in [-0.2, 0) is 6.54 Å². The molecule has 1 saturated heterocycles. The van der Waals surface area contributed by atoms with E-state index in [0.717, 1.165) is 43.2 Å². The van der Waals surface area contributed by atoms with Crippen LogP contribution in [0.1, 0.15) is 5.56 Å². The summed E-state index contributed by atoms with van der Waals surface area (Å²) < 4.78 is 16.3. The van der Waals surface area contributed by atoms with Gasteiger partial charge in [-0.05, 0) is 23.8 Å². The maximum Gasteiger partial charge on any atom is 0.414 e. The van der Waals surface area contributed by atoms with Crippen LogP contribution in [0.3, 0.4) is 0 Å². The van der Waals surface area contributed by atoms with E-state index in [-0.39, 0.29) is 17.9 Å². The minimum atomic E-state index is -0.482. The van der Waals surface area contributed by atoms with E-state index in [0.29, 0.717) is 23.1 Å². The number of carbonyl (C=O) groups is 1. The number of nitrogens with zero attached hydrogens (tertiary/aromatic N) is 3. The summed E-state index contributed by atoms with van der Waals surface area (Å²) in [7, 11) is 6.49. The van der Waals surface area contributed by atoms with E-state index in [4.69, 9.17) is 25.8 Å². The summed E-state index contributed by atoms with van der Waals surface area (Å²) in [6.45, 7) is 4.28. The van der Waals surface area contributed by atoms with Crippen LogP contribution in [0.15, 0.2) is 36.4 Å². The van der Waals surface area contributed by atoms with Crippen LogP contribution in [-0.4, -0.2) is 75.9 Å². The molecule has 2 aromatic rings. The standard InChI is InChI=1S/C22H28ClN3O4.ClH.H2O/c1-24(2)22(27)30-21-14-17(23)16(13-20(21)29-4)15-25-9-11-26(12-10-25)18-7-5-6-8-19(18)28-3;;/h5-8,13-14H,9-12,15H2,1-4H3;1H;1H2. The molecule has 0 aliphatic carbocycles. The van der Waals surface area contributed by atoms with Crippen LogP contribution in [0.4, 0.5) is 10.5 Å². The highest BCUT2D eigenvalue weighted by molar-refractivity contribution is 6.31. The molecule has 1 amide bonds. The Balaban J connectivity index is 0.00000256. The molecule has 1 aliphatic rings. The molecular formula is C22H31Cl2N3O5. The third kappa shape index (κ3) is 6.56. The molecule has 0 unspecified atom stereocenters. The van der Waals surface area contributed by atoms with Crippen molar-refractivity contribution in [3.8, 4) is 17.2 Å². The van der Waals surface area contributed by atoms with Crippen molar-refractivity contribution in [1.29, 1.82) is 0 Å². The molecule has 1 aliphatic heterocycles. The summed E-state index contributed by atoms with van der Waals surface area (Å²) in [6.07, 6.45) is -0.482. The van der Waals surface area contributed by atoms with Crippen molar-refractivity contribution in [3.05, 3.63) is 47.0 Å². The van der Waals surface area contributed by atoms with Gasteiger partial charge in [-0.15, -0.1) is 12.4 Å². The number of carbonyl (C=O) groups excluding carboxylic acids is 1. The number of ether oxygens (including phenoxy) is 3. The molecule has 2 N–H and O–H groups in total. The normalized spacial score (nSPS) is 13.5.